The number of anilines is 1. The molecule has 19 heavy (non-hydrogen) atoms. The van der Waals surface area contributed by atoms with E-state index in [2.05, 4.69) is 15.5 Å². The van der Waals surface area contributed by atoms with Gasteiger partial charge in [0.05, 0.1) is 18.9 Å². The van der Waals surface area contributed by atoms with E-state index in [0.717, 1.165) is 5.69 Å². The second kappa shape index (κ2) is 6.81. The second-order valence-corrected chi connectivity index (χ2v) is 3.93. The molecule has 2 rings (SSSR count). The first kappa shape index (κ1) is 13.4. The van der Waals surface area contributed by atoms with Gasteiger partial charge in [0, 0.05) is 20.2 Å². The van der Waals surface area contributed by atoms with Gasteiger partial charge in [-0.2, -0.15) is 4.68 Å². The monoisotopic (exact) mass is 263 g/mol. The molecule has 0 fully saturated rings. The summed E-state index contributed by atoms with van der Waals surface area (Å²) >= 11 is 0. The van der Waals surface area contributed by atoms with E-state index in [1.165, 1.54) is 0 Å². The van der Waals surface area contributed by atoms with Crippen LogP contribution in [0.5, 0.6) is 0 Å². The number of ether oxygens (including phenoxy) is 1. The Kier molecular flexibility index (Phi) is 4.82. The zero-order valence-electron chi connectivity index (χ0n) is 10.8. The normalized spacial score (nSPS) is 10.6. The van der Waals surface area contributed by atoms with E-state index in [1.807, 2.05) is 35.2 Å². The second-order valence-electron chi connectivity index (χ2n) is 3.93. The number of para-hydroxylation sites is 1. The summed E-state index contributed by atoms with van der Waals surface area (Å²) in [5, 5.41) is 20.9. The van der Waals surface area contributed by atoms with Crippen LogP contribution in [0.2, 0.25) is 0 Å². The number of methoxy groups -OCH3 is 1. The zero-order chi connectivity index (χ0) is 13.5. The summed E-state index contributed by atoms with van der Waals surface area (Å²) in [5.74, 6) is 0.595. The third kappa shape index (κ3) is 3.27. The van der Waals surface area contributed by atoms with Gasteiger partial charge in [-0.05, 0) is 22.6 Å². The lowest BCUT2D eigenvalue weighted by atomic mass is 10.3. The summed E-state index contributed by atoms with van der Waals surface area (Å²) in [4.78, 5) is 1.89. The maximum absolute atomic E-state index is 9.14. The molecule has 0 unspecified atom stereocenters. The quantitative estimate of drug-likeness (QED) is 0.764. The molecule has 2 aromatic rings. The Balaban J connectivity index is 2.26. The predicted octanol–water partition coefficient (Wildman–Crippen LogP) is 0.107. The van der Waals surface area contributed by atoms with Gasteiger partial charge in [0.15, 0.2) is 0 Å². The molecule has 0 aliphatic carbocycles. The fourth-order valence-corrected chi connectivity index (χ4v) is 1.75. The van der Waals surface area contributed by atoms with Crippen LogP contribution in [0.25, 0.3) is 5.69 Å². The van der Waals surface area contributed by atoms with Crippen molar-refractivity contribution in [2.75, 3.05) is 38.3 Å². The topological polar surface area (TPSA) is 76.3 Å². The molecule has 1 aromatic heterocycles. The maximum Gasteiger partial charge on any atom is 0.250 e. The highest BCUT2D eigenvalue weighted by Gasteiger charge is 2.15. The lowest BCUT2D eigenvalue weighted by Crippen LogP contribution is -2.32. The molecule has 0 atom stereocenters. The summed E-state index contributed by atoms with van der Waals surface area (Å²) in [6, 6.07) is 9.63. The number of tetrazole rings is 1. The molecule has 0 bridgehead atoms. The molecule has 1 aromatic carbocycles. The van der Waals surface area contributed by atoms with Crippen molar-refractivity contribution < 1.29 is 9.84 Å². The van der Waals surface area contributed by atoms with Crippen LogP contribution >= 0.6 is 0 Å². The minimum atomic E-state index is 0.0331. The molecule has 7 heteroatoms. The van der Waals surface area contributed by atoms with Crippen LogP contribution in [0.1, 0.15) is 0 Å². The van der Waals surface area contributed by atoms with Gasteiger partial charge in [0.2, 0.25) is 0 Å². The van der Waals surface area contributed by atoms with Crippen molar-refractivity contribution in [1.29, 1.82) is 0 Å². The van der Waals surface area contributed by atoms with E-state index >= 15 is 0 Å². The highest BCUT2D eigenvalue weighted by atomic mass is 16.5. The summed E-state index contributed by atoms with van der Waals surface area (Å²) < 4.78 is 6.71. The molecular weight excluding hydrogens is 246 g/mol. The third-order valence-electron chi connectivity index (χ3n) is 2.67. The molecule has 0 radical (unpaired) electrons. The van der Waals surface area contributed by atoms with Gasteiger partial charge in [0.1, 0.15) is 0 Å². The standard InChI is InChI=1S/C12H17N5O2/c1-19-10-8-16(7-9-18)12-13-14-15-17(12)11-5-3-2-4-6-11/h2-6,18H,7-10H2,1H3. The first-order valence-electron chi connectivity index (χ1n) is 6.05. The number of nitrogens with zero attached hydrogens (tertiary/aromatic N) is 5. The minimum Gasteiger partial charge on any atom is -0.395 e. The SMILES string of the molecule is COCCN(CCO)c1nnnn1-c1ccccc1. The Hall–Kier alpha value is -1.99. The van der Waals surface area contributed by atoms with Crippen LogP contribution in [0.3, 0.4) is 0 Å². The average Bonchev–Trinajstić information content (AvgIpc) is 2.93. The van der Waals surface area contributed by atoms with Crippen molar-refractivity contribution in [2.45, 2.75) is 0 Å². The van der Waals surface area contributed by atoms with Crippen molar-refractivity contribution in [3.05, 3.63) is 30.3 Å². The molecule has 0 aliphatic heterocycles. The molecule has 102 valence electrons. The average molecular weight is 263 g/mol. The molecule has 0 aliphatic rings. The Bertz CT molecular complexity index is 488. The molecule has 0 amide bonds. The van der Waals surface area contributed by atoms with Crippen LogP contribution < -0.4 is 4.90 Å². The lowest BCUT2D eigenvalue weighted by molar-refractivity contribution is 0.202. The fourth-order valence-electron chi connectivity index (χ4n) is 1.75. The zero-order valence-corrected chi connectivity index (χ0v) is 10.8. The van der Waals surface area contributed by atoms with Crippen LogP contribution in [-0.4, -0.2) is 58.7 Å². The van der Waals surface area contributed by atoms with Crippen LogP contribution in [-0.2, 0) is 4.74 Å². The number of hydrogen-bond acceptors (Lipinski definition) is 6. The number of aliphatic hydroxyl groups excluding tert-OH is 1. The van der Waals surface area contributed by atoms with Gasteiger partial charge in [-0.15, -0.1) is 0 Å². The van der Waals surface area contributed by atoms with Crippen molar-refractivity contribution in [2.24, 2.45) is 0 Å². The number of hydrogen-bond donors (Lipinski definition) is 1. The molecule has 0 saturated heterocycles. The fraction of sp³-hybridized carbons (Fsp3) is 0.417. The Morgan fingerprint density at radius 3 is 2.74 bits per heavy atom. The van der Waals surface area contributed by atoms with E-state index in [9.17, 15) is 0 Å². The highest BCUT2D eigenvalue weighted by molar-refractivity contribution is 5.40. The van der Waals surface area contributed by atoms with Crippen molar-refractivity contribution >= 4 is 5.95 Å². The van der Waals surface area contributed by atoms with Crippen LogP contribution in [0.15, 0.2) is 30.3 Å². The smallest absolute Gasteiger partial charge is 0.250 e. The van der Waals surface area contributed by atoms with Crippen molar-refractivity contribution in [1.82, 2.24) is 20.2 Å². The summed E-state index contributed by atoms with van der Waals surface area (Å²) in [5.41, 5.74) is 0.878. The molecular formula is C12H17N5O2. The Labute approximate surface area is 111 Å². The van der Waals surface area contributed by atoms with Gasteiger partial charge in [0.25, 0.3) is 5.95 Å². The van der Waals surface area contributed by atoms with Crippen LogP contribution in [0, 0.1) is 0 Å². The third-order valence-corrected chi connectivity index (χ3v) is 2.67. The highest BCUT2D eigenvalue weighted by Crippen LogP contribution is 2.14. The lowest BCUT2D eigenvalue weighted by Gasteiger charge is -2.21. The van der Waals surface area contributed by atoms with Gasteiger partial charge in [-0.1, -0.05) is 23.3 Å². The number of aromatic nitrogens is 4. The predicted molar refractivity (Wildman–Crippen MR) is 70.3 cm³/mol. The van der Waals surface area contributed by atoms with Gasteiger partial charge < -0.3 is 14.7 Å². The van der Waals surface area contributed by atoms with E-state index < -0.39 is 0 Å². The number of benzene rings is 1. The number of aliphatic hydroxyl groups is 1. The van der Waals surface area contributed by atoms with E-state index in [-0.39, 0.29) is 6.61 Å². The van der Waals surface area contributed by atoms with Crippen molar-refractivity contribution in [3.63, 3.8) is 0 Å². The summed E-state index contributed by atoms with van der Waals surface area (Å²) in [7, 11) is 1.64. The largest absolute Gasteiger partial charge is 0.395 e. The van der Waals surface area contributed by atoms with E-state index in [1.54, 1.807) is 11.8 Å². The summed E-state index contributed by atoms with van der Waals surface area (Å²) in [6.07, 6.45) is 0. The Morgan fingerprint density at radius 2 is 2.05 bits per heavy atom. The van der Waals surface area contributed by atoms with E-state index in [4.69, 9.17) is 9.84 Å². The minimum absolute atomic E-state index is 0.0331. The molecule has 7 nitrogen and oxygen atoms in total. The maximum atomic E-state index is 9.14. The molecule has 0 saturated carbocycles. The first-order chi connectivity index (χ1) is 9.36. The van der Waals surface area contributed by atoms with E-state index in [0.29, 0.717) is 25.6 Å². The van der Waals surface area contributed by atoms with Crippen LogP contribution in [0.4, 0.5) is 5.95 Å². The molecule has 1 heterocycles. The summed E-state index contributed by atoms with van der Waals surface area (Å²) in [6.45, 7) is 1.65. The Morgan fingerprint density at radius 1 is 1.26 bits per heavy atom. The molecule has 0 spiro atoms. The molecule has 1 N–H and O–H groups in total. The van der Waals surface area contributed by atoms with Gasteiger partial charge >= 0.3 is 0 Å². The first-order valence-corrected chi connectivity index (χ1v) is 6.05. The van der Waals surface area contributed by atoms with Crippen molar-refractivity contribution in [3.8, 4) is 5.69 Å². The van der Waals surface area contributed by atoms with Gasteiger partial charge in [-0.3, -0.25) is 0 Å². The van der Waals surface area contributed by atoms with Gasteiger partial charge in [-0.25, -0.2) is 0 Å². The number of rotatable bonds is 7.